The summed E-state index contributed by atoms with van der Waals surface area (Å²) < 4.78 is 48.4. The minimum Gasteiger partial charge on any atom is -0.445 e. The van der Waals surface area contributed by atoms with E-state index in [0.29, 0.717) is 6.07 Å². The normalized spacial score (nSPS) is 10.8. The predicted molar refractivity (Wildman–Crippen MR) is 37.9 cm³/mol. The van der Waals surface area contributed by atoms with E-state index in [0.717, 1.165) is 6.20 Å². The number of rotatable bonds is 1. The van der Waals surface area contributed by atoms with Gasteiger partial charge in [0.2, 0.25) is 5.95 Å². The van der Waals surface area contributed by atoms with Crippen molar-refractivity contribution in [2.75, 3.05) is 0 Å². The standard InChI is InChI=1S/C5H2BClF4N.K/c7-4-3(6(9,10)11)1-2-12-5(4)8;/h1-2H;/q-1;+1. The number of nitrogens with zero attached hydrogens (tertiary/aromatic N) is 1. The van der Waals surface area contributed by atoms with Crippen molar-refractivity contribution < 1.29 is 68.7 Å². The van der Waals surface area contributed by atoms with Gasteiger partial charge in [-0.2, -0.15) is 4.39 Å². The molecule has 66 valence electrons. The zero-order valence-corrected chi connectivity index (χ0v) is 10.4. The van der Waals surface area contributed by atoms with Crippen LogP contribution < -0.4 is 56.8 Å². The number of hydrogen-bond acceptors (Lipinski definition) is 1. The van der Waals surface area contributed by atoms with Crippen LogP contribution in [0.25, 0.3) is 0 Å². The first-order valence-electron chi connectivity index (χ1n) is 2.93. The van der Waals surface area contributed by atoms with Crippen molar-refractivity contribution in [3.63, 3.8) is 0 Å². The summed E-state index contributed by atoms with van der Waals surface area (Å²) in [5.41, 5.74) is -1.15. The SMILES string of the molecule is Fc1nccc([B-](F)(F)F)c1Cl.[K+]. The Morgan fingerprint density at radius 2 is 1.85 bits per heavy atom. The van der Waals surface area contributed by atoms with Gasteiger partial charge in [-0.1, -0.05) is 23.1 Å². The second-order valence-electron chi connectivity index (χ2n) is 2.08. The van der Waals surface area contributed by atoms with Crippen molar-refractivity contribution in [1.29, 1.82) is 0 Å². The van der Waals surface area contributed by atoms with E-state index in [-0.39, 0.29) is 51.4 Å². The summed E-state index contributed by atoms with van der Waals surface area (Å²) in [6, 6.07) is 0.644. The quantitative estimate of drug-likeness (QED) is 0.344. The van der Waals surface area contributed by atoms with Gasteiger partial charge in [0.1, 0.15) is 0 Å². The molecule has 0 amide bonds. The number of halogens is 5. The third-order valence-electron chi connectivity index (χ3n) is 1.23. The molecule has 0 aliphatic heterocycles. The molecule has 1 nitrogen and oxygen atoms in total. The molecule has 8 heteroatoms. The minimum absolute atomic E-state index is 0. The topological polar surface area (TPSA) is 12.9 Å². The molecule has 0 bridgehead atoms. The van der Waals surface area contributed by atoms with Crippen molar-refractivity contribution in [2.45, 2.75) is 0 Å². The van der Waals surface area contributed by atoms with E-state index in [4.69, 9.17) is 11.6 Å². The molecule has 0 atom stereocenters. The van der Waals surface area contributed by atoms with Crippen LogP contribution in [0.4, 0.5) is 17.3 Å². The molecule has 1 aromatic heterocycles. The first kappa shape index (κ1) is 13.9. The molecule has 1 aromatic rings. The third kappa shape index (κ3) is 3.49. The van der Waals surface area contributed by atoms with Gasteiger partial charge in [-0.05, 0) is 0 Å². The fourth-order valence-electron chi connectivity index (χ4n) is 0.685. The molecule has 0 saturated heterocycles. The maximum absolute atomic E-state index is 12.4. The van der Waals surface area contributed by atoms with Crippen LogP contribution in [0.1, 0.15) is 0 Å². The van der Waals surface area contributed by atoms with Crippen molar-refractivity contribution in [2.24, 2.45) is 0 Å². The summed E-state index contributed by atoms with van der Waals surface area (Å²) in [5.74, 6) is -1.30. The van der Waals surface area contributed by atoms with Crippen LogP contribution >= 0.6 is 11.6 Å². The predicted octanol–water partition coefficient (Wildman–Crippen LogP) is -1.07. The molecule has 0 aliphatic rings. The van der Waals surface area contributed by atoms with E-state index in [1.54, 1.807) is 0 Å². The van der Waals surface area contributed by atoms with Gasteiger partial charge in [0.25, 0.3) is 0 Å². The largest absolute Gasteiger partial charge is 1.00 e. The van der Waals surface area contributed by atoms with Crippen molar-refractivity contribution in [1.82, 2.24) is 4.98 Å². The maximum Gasteiger partial charge on any atom is 1.00 e. The Morgan fingerprint density at radius 3 is 2.23 bits per heavy atom. The second kappa shape index (κ2) is 5.09. The van der Waals surface area contributed by atoms with Gasteiger partial charge < -0.3 is 12.9 Å². The second-order valence-corrected chi connectivity index (χ2v) is 2.46. The summed E-state index contributed by atoms with van der Waals surface area (Å²) in [4.78, 5) is 2.96. The Labute approximate surface area is 119 Å². The first-order chi connectivity index (χ1) is 5.43. The molecule has 0 aromatic carbocycles. The van der Waals surface area contributed by atoms with E-state index in [1.807, 2.05) is 0 Å². The summed E-state index contributed by atoms with van der Waals surface area (Å²) in [7, 11) is 0. The van der Waals surface area contributed by atoms with Crippen LogP contribution in [0.15, 0.2) is 12.3 Å². The van der Waals surface area contributed by atoms with Crippen LogP contribution in [-0.2, 0) is 0 Å². The van der Waals surface area contributed by atoms with E-state index in [1.165, 1.54) is 0 Å². The van der Waals surface area contributed by atoms with E-state index in [2.05, 4.69) is 4.98 Å². The first-order valence-corrected chi connectivity index (χ1v) is 3.30. The molecule has 0 fully saturated rings. The van der Waals surface area contributed by atoms with Crippen LogP contribution in [0.3, 0.4) is 0 Å². The van der Waals surface area contributed by atoms with Gasteiger partial charge in [-0.3, -0.25) is 0 Å². The molecule has 1 heterocycles. The van der Waals surface area contributed by atoms with Crippen LogP contribution in [-0.4, -0.2) is 12.0 Å². The van der Waals surface area contributed by atoms with Gasteiger partial charge in [-0.25, -0.2) is 4.98 Å². The van der Waals surface area contributed by atoms with Crippen LogP contribution in [0.5, 0.6) is 0 Å². The Balaban J connectivity index is 0.00000144. The number of hydrogen-bond donors (Lipinski definition) is 0. The van der Waals surface area contributed by atoms with Crippen molar-refractivity contribution >= 4 is 24.0 Å². The summed E-state index contributed by atoms with van der Waals surface area (Å²) >= 11 is 5.04. The Morgan fingerprint density at radius 1 is 1.31 bits per heavy atom. The van der Waals surface area contributed by atoms with Crippen LogP contribution in [0.2, 0.25) is 5.02 Å². The maximum atomic E-state index is 12.4. The fourth-order valence-corrected chi connectivity index (χ4v) is 0.920. The summed E-state index contributed by atoms with van der Waals surface area (Å²) in [6.07, 6.45) is 0.728. The molecular weight excluding hydrogens is 235 g/mol. The molecule has 0 unspecified atom stereocenters. The van der Waals surface area contributed by atoms with E-state index < -0.39 is 23.4 Å². The third-order valence-corrected chi connectivity index (χ3v) is 1.60. The number of aromatic nitrogens is 1. The molecule has 0 saturated carbocycles. The summed E-state index contributed by atoms with van der Waals surface area (Å²) in [5, 5.41) is -0.968. The Hall–Kier alpha value is 0.861. The van der Waals surface area contributed by atoms with Gasteiger partial charge in [0.15, 0.2) is 0 Å². The monoisotopic (exact) mass is 237 g/mol. The molecular formula is C5H2BClF4KN. The molecule has 0 spiro atoms. The summed E-state index contributed by atoms with van der Waals surface area (Å²) in [6.45, 7) is -5.26. The zero-order valence-electron chi connectivity index (χ0n) is 6.57. The molecule has 13 heavy (non-hydrogen) atoms. The molecule has 0 N–H and O–H groups in total. The van der Waals surface area contributed by atoms with Crippen molar-refractivity contribution in [3.05, 3.63) is 23.2 Å². The average molecular weight is 237 g/mol. The Bertz CT molecular complexity index is 305. The molecule has 0 aliphatic carbocycles. The fraction of sp³-hybridized carbons (Fsp3) is 0. The van der Waals surface area contributed by atoms with Crippen molar-refractivity contribution in [3.8, 4) is 0 Å². The number of pyridine rings is 1. The minimum atomic E-state index is -5.26. The molecule has 1 rings (SSSR count). The smallest absolute Gasteiger partial charge is 0.445 e. The average Bonchev–Trinajstić information content (AvgIpc) is 1.92. The van der Waals surface area contributed by atoms with Gasteiger partial charge in [0.05, 0.1) is 5.02 Å². The zero-order chi connectivity index (χ0) is 9.35. The van der Waals surface area contributed by atoms with Gasteiger partial charge in [-0.15, -0.1) is 0 Å². The van der Waals surface area contributed by atoms with Crippen LogP contribution in [0, 0.1) is 5.95 Å². The Kier molecular flexibility index (Phi) is 5.42. The van der Waals surface area contributed by atoms with E-state index >= 15 is 0 Å². The van der Waals surface area contributed by atoms with Gasteiger partial charge >= 0.3 is 58.4 Å². The van der Waals surface area contributed by atoms with E-state index in [9.17, 15) is 17.3 Å². The van der Waals surface area contributed by atoms with Gasteiger partial charge in [0, 0.05) is 6.20 Å². The molecule has 0 radical (unpaired) electrons.